The summed E-state index contributed by atoms with van der Waals surface area (Å²) in [4.78, 5) is 23.0. The second kappa shape index (κ2) is 8.34. The average Bonchev–Trinajstić information content (AvgIpc) is 2.43. The van der Waals surface area contributed by atoms with Crippen molar-refractivity contribution in [2.75, 3.05) is 12.5 Å². The molecular formula is C15H15ClO3. The van der Waals surface area contributed by atoms with Gasteiger partial charge in [-0.15, -0.1) is 11.6 Å². The largest absolute Gasteiger partial charge is 0.466 e. The van der Waals surface area contributed by atoms with Crippen molar-refractivity contribution in [1.82, 2.24) is 0 Å². The van der Waals surface area contributed by atoms with Crippen molar-refractivity contribution in [3.05, 3.63) is 35.4 Å². The maximum Gasteiger partial charge on any atom is 0.306 e. The Labute approximate surface area is 117 Å². The second-order valence-corrected chi connectivity index (χ2v) is 4.01. The van der Waals surface area contributed by atoms with Gasteiger partial charge in [-0.05, 0) is 19.1 Å². The second-order valence-electron chi connectivity index (χ2n) is 3.74. The number of hydrogen-bond donors (Lipinski definition) is 0. The summed E-state index contributed by atoms with van der Waals surface area (Å²) < 4.78 is 4.77. The molecule has 0 N–H and O–H groups in total. The Balaban J connectivity index is 2.55. The van der Waals surface area contributed by atoms with E-state index in [-0.39, 0.29) is 30.5 Å². The van der Waals surface area contributed by atoms with Crippen LogP contribution in [0, 0.1) is 11.8 Å². The maximum absolute atomic E-state index is 11.8. The lowest BCUT2D eigenvalue weighted by molar-refractivity contribution is -0.143. The number of halogens is 1. The van der Waals surface area contributed by atoms with Crippen molar-refractivity contribution in [2.45, 2.75) is 19.8 Å². The van der Waals surface area contributed by atoms with Crippen LogP contribution in [0.25, 0.3) is 0 Å². The lowest BCUT2D eigenvalue weighted by Crippen LogP contribution is -2.07. The minimum atomic E-state index is -0.347. The first-order valence-electron chi connectivity index (χ1n) is 6.01. The van der Waals surface area contributed by atoms with E-state index in [0.29, 0.717) is 12.2 Å². The zero-order valence-electron chi connectivity index (χ0n) is 10.7. The van der Waals surface area contributed by atoms with E-state index in [4.69, 9.17) is 16.3 Å². The van der Waals surface area contributed by atoms with E-state index in [1.54, 1.807) is 31.2 Å². The number of carbonyl (C=O) groups is 2. The smallest absolute Gasteiger partial charge is 0.306 e. The molecule has 0 heterocycles. The van der Waals surface area contributed by atoms with Crippen LogP contribution in [0.15, 0.2) is 24.3 Å². The summed E-state index contributed by atoms with van der Waals surface area (Å²) in [6, 6.07) is 6.92. The molecule has 0 aliphatic heterocycles. The summed E-state index contributed by atoms with van der Waals surface area (Å²) in [6.07, 6.45) is 0.270. The van der Waals surface area contributed by atoms with Crippen LogP contribution in [0.2, 0.25) is 0 Å². The van der Waals surface area contributed by atoms with Gasteiger partial charge in [0, 0.05) is 17.5 Å². The van der Waals surface area contributed by atoms with Crippen molar-refractivity contribution < 1.29 is 14.3 Å². The molecule has 19 heavy (non-hydrogen) atoms. The number of alkyl halides is 1. The van der Waals surface area contributed by atoms with E-state index in [1.165, 1.54) is 0 Å². The first-order valence-corrected chi connectivity index (χ1v) is 6.54. The number of hydrogen-bond acceptors (Lipinski definition) is 3. The van der Waals surface area contributed by atoms with Crippen LogP contribution in [0.3, 0.4) is 0 Å². The van der Waals surface area contributed by atoms with Gasteiger partial charge < -0.3 is 4.74 Å². The molecule has 0 radical (unpaired) electrons. The summed E-state index contributed by atoms with van der Waals surface area (Å²) >= 11 is 5.46. The molecular weight excluding hydrogens is 264 g/mol. The fourth-order valence-electron chi connectivity index (χ4n) is 1.47. The Morgan fingerprint density at radius 3 is 2.47 bits per heavy atom. The highest BCUT2D eigenvalue weighted by atomic mass is 35.5. The number of carbonyl (C=O) groups excluding carboxylic acids is 2. The normalized spacial score (nSPS) is 9.37. The molecule has 0 aromatic heterocycles. The third-order valence-electron chi connectivity index (χ3n) is 2.37. The van der Waals surface area contributed by atoms with Crippen molar-refractivity contribution >= 4 is 23.4 Å². The van der Waals surface area contributed by atoms with Gasteiger partial charge in [0.2, 0.25) is 0 Å². The van der Waals surface area contributed by atoms with Crippen LogP contribution < -0.4 is 0 Å². The minimum Gasteiger partial charge on any atom is -0.466 e. The molecule has 0 aliphatic rings. The number of rotatable bonds is 5. The third kappa shape index (κ3) is 5.58. The number of ketones is 1. The Kier molecular flexibility index (Phi) is 6.70. The fourth-order valence-corrected chi connectivity index (χ4v) is 1.53. The quantitative estimate of drug-likeness (QED) is 0.360. The highest BCUT2D eigenvalue weighted by molar-refractivity contribution is 6.19. The topological polar surface area (TPSA) is 43.4 Å². The Morgan fingerprint density at radius 2 is 1.89 bits per heavy atom. The summed E-state index contributed by atoms with van der Waals surface area (Å²) in [5.41, 5.74) is 1.38. The molecule has 0 saturated carbocycles. The zero-order chi connectivity index (χ0) is 14.1. The predicted octanol–water partition coefficient (Wildman–Crippen LogP) is 2.80. The highest BCUT2D eigenvalue weighted by Gasteiger charge is 2.09. The Morgan fingerprint density at radius 1 is 1.21 bits per heavy atom. The molecule has 0 unspecified atom stereocenters. The number of esters is 1. The standard InChI is InChI=1S/C15H15ClO3/c1-2-19-15(18)10-9-14(17)13-7-5-12(6-8-13)4-3-11-16/h5-8H,2,9-11H2,1H3. The van der Waals surface area contributed by atoms with Gasteiger partial charge in [-0.2, -0.15) is 0 Å². The SMILES string of the molecule is CCOC(=O)CCC(=O)c1ccc(C#CCCl)cc1. The van der Waals surface area contributed by atoms with E-state index in [1.807, 2.05) is 0 Å². The molecule has 1 rings (SSSR count). The maximum atomic E-state index is 11.8. The van der Waals surface area contributed by atoms with Gasteiger partial charge in [0.05, 0.1) is 18.9 Å². The van der Waals surface area contributed by atoms with E-state index in [0.717, 1.165) is 5.56 Å². The van der Waals surface area contributed by atoms with Crippen molar-refractivity contribution in [2.24, 2.45) is 0 Å². The fraction of sp³-hybridized carbons (Fsp3) is 0.333. The molecule has 0 spiro atoms. The summed E-state index contributed by atoms with van der Waals surface area (Å²) in [7, 11) is 0. The predicted molar refractivity (Wildman–Crippen MR) is 74.2 cm³/mol. The van der Waals surface area contributed by atoms with Crippen LogP contribution in [0.1, 0.15) is 35.7 Å². The molecule has 3 nitrogen and oxygen atoms in total. The molecule has 1 aromatic rings. The zero-order valence-corrected chi connectivity index (χ0v) is 11.5. The molecule has 4 heteroatoms. The van der Waals surface area contributed by atoms with Gasteiger partial charge in [-0.3, -0.25) is 9.59 Å². The van der Waals surface area contributed by atoms with Crippen molar-refractivity contribution in [1.29, 1.82) is 0 Å². The van der Waals surface area contributed by atoms with Crippen LogP contribution >= 0.6 is 11.6 Å². The molecule has 0 fully saturated rings. The third-order valence-corrected chi connectivity index (χ3v) is 2.50. The molecule has 0 saturated heterocycles. The lowest BCUT2D eigenvalue weighted by atomic mass is 10.0. The van der Waals surface area contributed by atoms with E-state index in [9.17, 15) is 9.59 Å². The van der Waals surface area contributed by atoms with Crippen LogP contribution in [0.5, 0.6) is 0 Å². The van der Waals surface area contributed by atoms with E-state index in [2.05, 4.69) is 11.8 Å². The molecule has 0 bridgehead atoms. The first-order chi connectivity index (χ1) is 9.17. The number of ether oxygens (including phenoxy) is 1. The molecule has 100 valence electrons. The van der Waals surface area contributed by atoms with Crippen LogP contribution in [-0.4, -0.2) is 24.2 Å². The Hall–Kier alpha value is -1.79. The molecule has 1 aromatic carbocycles. The van der Waals surface area contributed by atoms with Gasteiger partial charge in [0.25, 0.3) is 0 Å². The number of benzene rings is 1. The Bertz CT molecular complexity index is 494. The van der Waals surface area contributed by atoms with Gasteiger partial charge in [0.15, 0.2) is 5.78 Å². The van der Waals surface area contributed by atoms with Gasteiger partial charge in [-0.1, -0.05) is 24.0 Å². The van der Waals surface area contributed by atoms with Crippen molar-refractivity contribution in [3.8, 4) is 11.8 Å². The van der Waals surface area contributed by atoms with Gasteiger partial charge >= 0.3 is 5.97 Å². The van der Waals surface area contributed by atoms with Crippen LogP contribution in [0.4, 0.5) is 0 Å². The average molecular weight is 279 g/mol. The lowest BCUT2D eigenvalue weighted by Gasteiger charge is -2.02. The van der Waals surface area contributed by atoms with Gasteiger partial charge in [0.1, 0.15) is 0 Å². The molecule has 0 amide bonds. The van der Waals surface area contributed by atoms with Gasteiger partial charge in [-0.25, -0.2) is 0 Å². The van der Waals surface area contributed by atoms with E-state index >= 15 is 0 Å². The molecule has 0 atom stereocenters. The van der Waals surface area contributed by atoms with Crippen molar-refractivity contribution in [3.63, 3.8) is 0 Å². The summed E-state index contributed by atoms with van der Waals surface area (Å²) in [5.74, 6) is 5.45. The minimum absolute atomic E-state index is 0.0788. The molecule has 0 aliphatic carbocycles. The summed E-state index contributed by atoms with van der Waals surface area (Å²) in [5, 5.41) is 0. The van der Waals surface area contributed by atoms with E-state index < -0.39 is 0 Å². The summed E-state index contributed by atoms with van der Waals surface area (Å²) in [6.45, 7) is 2.07. The highest BCUT2D eigenvalue weighted by Crippen LogP contribution is 2.08. The van der Waals surface area contributed by atoms with Crippen LogP contribution in [-0.2, 0) is 9.53 Å². The number of Topliss-reactive ketones (excluding diaryl/α,β-unsaturated/α-hetero) is 1. The monoisotopic (exact) mass is 278 g/mol. The first kappa shape index (κ1) is 15.3.